The van der Waals surface area contributed by atoms with Crippen molar-refractivity contribution in [2.45, 2.75) is 32.3 Å². The molecule has 122 valence electrons. The third kappa shape index (κ3) is 6.45. The molecule has 0 saturated carbocycles. The molecule has 0 spiro atoms. The Balaban J connectivity index is 1.47. The van der Waals surface area contributed by atoms with Crippen LogP contribution < -0.4 is 10.1 Å². The van der Waals surface area contributed by atoms with Gasteiger partial charge in [-0.1, -0.05) is 12.1 Å². The number of hydrogen-bond acceptors (Lipinski definition) is 4. The van der Waals surface area contributed by atoms with Crippen LogP contribution in [0, 0.1) is 6.92 Å². The molecule has 1 atom stereocenters. The van der Waals surface area contributed by atoms with E-state index in [4.69, 9.17) is 14.2 Å². The number of ether oxygens (including phenoxy) is 3. The van der Waals surface area contributed by atoms with Crippen LogP contribution in [0.2, 0.25) is 0 Å². The Labute approximate surface area is 131 Å². The smallest absolute Gasteiger partial charge is 0.257 e. The lowest BCUT2D eigenvalue weighted by Crippen LogP contribution is -2.30. The van der Waals surface area contributed by atoms with Crippen molar-refractivity contribution in [2.24, 2.45) is 0 Å². The largest absolute Gasteiger partial charge is 0.484 e. The number of amides is 1. The highest BCUT2D eigenvalue weighted by molar-refractivity contribution is 5.77. The minimum absolute atomic E-state index is 0.0419. The average molecular weight is 307 g/mol. The van der Waals surface area contributed by atoms with Gasteiger partial charge in [-0.25, -0.2) is 0 Å². The van der Waals surface area contributed by atoms with E-state index in [1.807, 2.05) is 31.2 Å². The van der Waals surface area contributed by atoms with Crippen LogP contribution in [-0.2, 0) is 14.3 Å². The number of benzene rings is 1. The Kier molecular flexibility index (Phi) is 7.19. The van der Waals surface area contributed by atoms with Crippen molar-refractivity contribution in [3.63, 3.8) is 0 Å². The Bertz CT molecular complexity index is 458. The first-order valence-electron chi connectivity index (χ1n) is 7.89. The van der Waals surface area contributed by atoms with E-state index in [0.29, 0.717) is 19.8 Å². The number of aryl methyl sites for hydroxylation is 1. The molecule has 0 aliphatic carbocycles. The lowest BCUT2D eigenvalue weighted by atomic mass is 10.2. The third-order valence-corrected chi connectivity index (χ3v) is 3.47. The van der Waals surface area contributed by atoms with Crippen LogP contribution in [-0.4, -0.2) is 45.0 Å². The van der Waals surface area contributed by atoms with Gasteiger partial charge in [0, 0.05) is 19.8 Å². The topological polar surface area (TPSA) is 56.8 Å². The Hall–Kier alpha value is -1.59. The summed E-state index contributed by atoms with van der Waals surface area (Å²) in [5, 5.41) is 2.82. The van der Waals surface area contributed by atoms with E-state index in [0.717, 1.165) is 37.2 Å². The van der Waals surface area contributed by atoms with Gasteiger partial charge in [-0.15, -0.1) is 0 Å². The standard InChI is InChI=1S/C17H25NO4/c1-14-5-2-6-15(11-14)22-13-17(19)18-8-4-9-20-12-16-7-3-10-21-16/h2,5-6,11,16H,3-4,7-10,12-13H2,1H3,(H,18,19). The number of rotatable bonds is 9. The van der Waals surface area contributed by atoms with Crippen LogP contribution in [0.1, 0.15) is 24.8 Å². The van der Waals surface area contributed by atoms with Crippen molar-refractivity contribution in [1.29, 1.82) is 0 Å². The summed E-state index contributed by atoms with van der Waals surface area (Å²) in [6, 6.07) is 7.66. The molecule has 0 radical (unpaired) electrons. The van der Waals surface area contributed by atoms with Crippen molar-refractivity contribution in [3.8, 4) is 5.75 Å². The lowest BCUT2D eigenvalue weighted by Gasteiger charge is -2.10. The molecule has 5 nitrogen and oxygen atoms in total. The van der Waals surface area contributed by atoms with Crippen molar-refractivity contribution in [3.05, 3.63) is 29.8 Å². The summed E-state index contributed by atoms with van der Waals surface area (Å²) < 4.78 is 16.4. The number of carbonyl (C=O) groups is 1. The zero-order valence-corrected chi connectivity index (χ0v) is 13.2. The highest BCUT2D eigenvalue weighted by Gasteiger charge is 2.14. The van der Waals surface area contributed by atoms with Crippen molar-refractivity contribution >= 4 is 5.91 Å². The van der Waals surface area contributed by atoms with E-state index in [-0.39, 0.29) is 18.6 Å². The van der Waals surface area contributed by atoms with Gasteiger partial charge in [-0.2, -0.15) is 0 Å². The van der Waals surface area contributed by atoms with Gasteiger partial charge in [0.05, 0.1) is 12.7 Å². The molecule has 1 N–H and O–H groups in total. The van der Waals surface area contributed by atoms with Gasteiger partial charge in [0.2, 0.25) is 0 Å². The molecule has 0 aromatic heterocycles. The molecule has 22 heavy (non-hydrogen) atoms. The van der Waals surface area contributed by atoms with Gasteiger partial charge >= 0.3 is 0 Å². The summed E-state index contributed by atoms with van der Waals surface area (Å²) in [4.78, 5) is 11.6. The number of carbonyl (C=O) groups excluding carboxylic acids is 1. The van der Waals surface area contributed by atoms with Crippen LogP contribution in [0.5, 0.6) is 5.75 Å². The molecule has 1 saturated heterocycles. The zero-order valence-electron chi connectivity index (χ0n) is 13.2. The first-order chi connectivity index (χ1) is 10.7. The molecular formula is C17H25NO4. The SMILES string of the molecule is Cc1cccc(OCC(=O)NCCCOCC2CCCO2)c1. The quantitative estimate of drug-likeness (QED) is 0.710. The second-order valence-electron chi connectivity index (χ2n) is 5.52. The lowest BCUT2D eigenvalue weighted by molar-refractivity contribution is -0.123. The Morgan fingerprint density at radius 2 is 2.36 bits per heavy atom. The zero-order chi connectivity index (χ0) is 15.6. The summed E-state index contributed by atoms with van der Waals surface area (Å²) in [7, 11) is 0. The second kappa shape index (κ2) is 9.43. The molecular weight excluding hydrogens is 282 g/mol. The van der Waals surface area contributed by atoms with Crippen LogP contribution in [0.4, 0.5) is 0 Å². The fourth-order valence-corrected chi connectivity index (χ4v) is 2.30. The molecule has 1 amide bonds. The summed E-state index contributed by atoms with van der Waals surface area (Å²) in [6.07, 6.45) is 3.28. The highest BCUT2D eigenvalue weighted by Crippen LogP contribution is 2.12. The van der Waals surface area contributed by atoms with Gasteiger partial charge in [0.15, 0.2) is 6.61 Å². The predicted molar refractivity (Wildman–Crippen MR) is 84.1 cm³/mol. The van der Waals surface area contributed by atoms with Crippen molar-refractivity contribution in [1.82, 2.24) is 5.32 Å². The number of hydrogen-bond donors (Lipinski definition) is 1. The first kappa shape index (κ1) is 16.8. The van der Waals surface area contributed by atoms with Gasteiger partial charge in [-0.3, -0.25) is 4.79 Å². The van der Waals surface area contributed by atoms with E-state index in [2.05, 4.69) is 5.32 Å². The maximum atomic E-state index is 11.6. The molecule has 5 heteroatoms. The molecule has 0 bridgehead atoms. The fraction of sp³-hybridized carbons (Fsp3) is 0.588. The predicted octanol–water partition coefficient (Wildman–Crippen LogP) is 2.08. The van der Waals surface area contributed by atoms with Crippen molar-refractivity contribution < 1.29 is 19.0 Å². The Morgan fingerprint density at radius 1 is 1.45 bits per heavy atom. The van der Waals surface area contributed by atoms with Gasteiger partial charge in [0.25, 0.3) is 5.91 Å². The summed E-state index contributed by atoms with van der Waals surface area (Å²) in [5.41, 5.74) is 1.11. The number of nitrogens with one attached hydrogen (secondary N) is 1. The van der Waals surface area contributed by atoms with E-state index >= 15 is 0 Å². The summed E-state index contributed by atoms with van der Waals surface area (Å²) in [6.45, 7) is 4.78. The second-order valence-corrected chi connectivity index (χ2v) is 5.52. The maximum Gasteiger partial charge on any atom is 0.257 e. The van der Waals surface area contributed by atoms with E-state index in [9.17, 15) is 4.79 Å². The van der Waals surface area contributed by atoms with E-state index in [1.54, 1.807) is 0 Å². The Morgan fingerprint density at radius 3 is 3.14 bits per heavy atom. The van der Waals surface area contributed by atoms with E-state index in [1.165, 1.54) is 0 Å². The normalized spacial score (nSPS) is 17.4. The van der Waals surface area contributed by atoms with Gasteiger partial charge < -0.3 is 19.5 Å². The van der Waals surface area contributed by atoms with Crippen LogP contribution >= 0.6 is 0 Å². The summed E-state index contributed by atoms with van der Waals surface area (Å²) >= 11 is 0. The van der Waals surface area contributed by atoms with Crippen LogP contribution in [0.25, 0.3) is 0 Å². The maximum absolute atomic E-state index is 11.6. The molecule has 1 heterocycles. The van der Waals surface area contributed by atoms with Crippen molar-refractivity contribution in [2.75, 3.05) is 33.0 Å². The molecule has 1 unspecified atom stereocenters. The minimum Gasteiger partial charge on any atom is -0.484 e. The fourth-order valence-electron chi connectivity index (χ4n) is 2.30. The van der Waals surface area contributed by atoms with Gasteiger partial charge in [0.1, 0.15) is 5.75 Å². The highest BCUT2D eigenvalue weighted by atomic mass is 16.5. The molecule has 2 rings (SSSR count). The third-order valence-electron chi connectivity index (χ3n) is 3.47. The van der Waals surface area contributed by atoms with Crippen LogP contribution in [0.3, 0.4) is 0 Å². The monoisotopic (exact) mass is 307 g/mol. The van der Waals surface area contributed by atoms with Crippen LogP contribution in [0.15, 0.2) is 24.3 Å². The van der Waals surface area contributed by atoms with E-state index < -0.39 is 0 Å². The molecule has 1 aromatic carbocycles. The molecule has 1 aromatic rings. The molecule has 1 aliphatic heterocycles. The minimum atomic E-state index is -0.111. The average Bonchev–Trinajstić information content (AvgIpc) is 3.02. The first-order valence-corrected chi connectivity index (χ1v) is 7.89. The summed E-state index contributed by atoms with van der Waals surface area (Å²) in [5.74, 6) is 0.607. The molecule has 1 fully saturated rings. The van der Waals surface area contributed by atoms with Gasteiger partial charge in [-0.05, 0) is 43.9 Å². The molecule has 1 aliphatic rings.